The first kappa shape index (κ1) is 27.9. The molecule has 1 aliphatic heterocycles. The molecule has 0 spiro atoms. The largest absolute Gasteiger partial charge is 0.496 e. The Labute approximate surface area is 229 Å². The highest BCUT2D eigenvalue weighted by molar-refractivity contribution is 6.32. The second-order valence-electron chi connectivity index (χ2n) is 10.2. The molecule has 1 N–H and O–H groups in total. The zero-order valence-electron chi connectivity index (χ0n) is 22.8. The fourth-order valence-electron chi connectivity index (χ4n) is 4.49. The number of hydrogen-bond acceptors (Lipinski definition) is 7. The van der Waals surface area contributed by atoms with Crippen molar-refractivity contribution in [2.45, 2.75) is 45.6 Å². The summed E-state index contributed by atoms with van der Waals surface area (Å²) in [5.74, 6) is 1.19. The first-order chi connectivity index (χ1) is 18.2. The fourth-order valence-corrected chi connectivity index (χ4v) is 4.73. The molecule has 0 bridgehead atoms. The van der Waals surface area contributed by atoms with Crippen molar-refractivity contribution in [3.05, 3.63) is 41.2 Å². The predicted molar refractivity (Wildman–Crippen MR) is 149 cm³/mol. The van der Waals surface area contributed by atoms with Crippen LogP contribution in [0.2, 0.25) is 5.02 Å². The number of alkyl carbamates (subject to hydrolysis) is 1. The maximum atomic E-state index is 11.9. The monoisotopic (exact) mass is 544 g/mol. The number of hydrogen-bond donors (Lipinski definition) is 1. The van der Waals surface area contributed by atoms with E-state index in [1.165, 1.54) is 5.56 Å². The SMILES string of the molecule is COc1cc(OC)c(-c2cn3cc(CCCCNC(=O)OC(C)(C)C)c(N4CCOCC4)cc3n2)cc1Cl. The number of aryl methyl sites for hydroxylation is 1. The van der Waals surface area contributed by atoms with Gasteiger partial charge < -0.3 is 33.6 Å². The van der Waals surface area contributed by atoms with Crippen molar-refractivity contribution in [1.82, 2.24) is 14.7 Å². The van der Waals surface area contributed by atoms with Gasteiger partial charge in [0.25, 0.3) is 0 Å². The minimum absolute atomic E-state index is 0.382. The average molecular weight is 545 g/mol. The molecule has 10 heteroatoms. The van der Waals surface area contributed by atoms with Crippen LogP contribution in [0.3, 0.4) is 0 Å². The second kappa shape index (κ2) is 12.1. The van der Waals surface area contributed by atoms with Crippen molar-refractivity contribution in [2.75, 3.05) is 52.0 Å². The number of amides is 1. The number of fused-ring (bicyclic) bond motifs is 1. The van der Waals surface area contributed by atoms with Gasteiger partial charge in [0, 0.05) is 55.4 Å². The summed E-state index contributed by atoms with van der Waals surface area (Å²) >= 11 is 6.43. The Morgan fingerprint density at radius 1 is 1.08 bits per heavy atom. The summed E-state index contributed by atoms with van der Waals surface area (Å²) in [6.45, 7) is 9.20. The van der Waals surface area contributed by atoms with E-state index in [1.807, 2.05) is 37.4 Å². The van der Waals surface area contributed by atoms with Gasteiger partial charge in [-0.1, -0.05) is 11.6 Å². The number of nitrogens with zero attached hydrogens (tertiary/aromatic N) is 3. The Hall–Kier alpha value is -3.17. The number of carbonyl (C=O) groups excluding carboxylic acids is 1. The molecule has 1 amide bonds. The van der Waals surface area contributed by atoms with Crippen molar-refractivity contribution in [2.24, 2.45) is 0 Å². The van der Waals surface area contributed by atoms with E-state index in [2.05, 4.69) is 22.5 Å². The van der Waals surface area contributed by atoms with Gasteiger partial charge in [0.2, 0.25) is 0 Å². The van der Waals surface area contributed by atoms with Crippen LogP contribution >= 0.6 is 11.6 Å². The number of methoxy groups -OCH3 is 2. The molecule has 3 aromatic rings. The highest BCUT2D eigenvalue weighted by Crippen LogP contribution is 2.38. The lowest BCUT2D eigenvalue weighted by Crippen LogP contribution is -2.36. The Kier molecular flexibility index (Phi) is 8.89. The van der Waals surface area contributed by atoms with Crippen molar-refractivity contribution in [3.8, 4) is 22.8 Å². The summed E-state index contributed by atoms with van der Waals surface area (Å²) in [7, 11) is 3.20. The van der Waals surface area contributed by atoms with Crippen LogP contribution in [0.1, 0.15) is 39.2 Å². The molecule has 9 nitrogen and oxygen atoms in total. The average Bonchev–Trinajstić information content (AvgIpc) is 3.30. The molecule has 1 saturated heterocycles. The lowest BCUT2D eigenvalue weighted by Gasteiger charge is -2.30. The topological polar surface area (TPSA) is 86.6 Å². The minimum atomic E-state index is -0.503. The number of halogens is 1. The van der Waals surface area contributed by atoms with Crippen LogP contribution in [0.15, 0.2) is 30.6 Å². The molecule has 3 heterocycles. The van der Waals surface area contributed by atoms with E-state index in [0.717, 1.165) is 54.9 Å². The van der Waals surface area contributed by atoms with Gasteiger partial charge in [0.05, 0.1) is 38.1 Å². The molecule has 0 unspecified atom stereocenters. The van der Waals surface area contributed by atoms with Gasteiger partial charge in [0.1, 0.15) is 22.7 Å². The van der Waals surface area contributed by atoms with Gasteiger partial charge in [-0.3, -0.25) is 0 Å². The standard InChI is InChI=1S/C28H37ClN4O5/c1-28(2,3)38-27(34)30-9-7-6-8-19-17-33-18-22(20-14-21(29)25(36-5)16-24(20)35-4)31-26(33)15-23(19)32-10-12-37-13-11-32/h14-18H,6-13H2,1-5H3,(H,30,34). The first-order valence-electron chi connectivity index (χ1n) is 12.9. The van der Waals surface area contributed by atoms with E-state index in [4.69, 9.17) is 35.5 Å². The normalized spacial score (nSPS) is 14.0. The molecule has 0 saturated carbocycles. The smallest absolute Gasteiger partial charge is 0.407 e. The van der Waals surface area contributed by atoms with E-state index in [-0.39, 0.29) is 6.09 Å². The number of pyridine rings is 1. The number of rotatable bonds is 9. The number of ether oxygens (including phenoxy) is 4. The van der Waals surface area contributed by atoms with Gasteiger partial charge >= 0.3 is 6.09 Å². The van der Waals surface area contributed by atoms with Gasteiger partial charge in [-0.2, -0.15) is 0 Å². The quantitative estimate of drug-likeness (QED) is 0.363. The van der Waals surface area contributed by atoms with Crippen LogP contribution in [0.4, 0.5) is 10.5 Å². The van der Waals surface area contributed by atoms with E-state index < -0.39 is 5.60 Å². The van der Waals surface area contributed by atoms with E-state index in [0.29, 0.717) is 36.3 Å². The molecule has 0 atom stereocenters. The molecular formula is C28H37ClN4O5. The zero-order chi connectivity index (χ0) is 27.3. The third-order valence-corrected chi connectivity index (χ3v) is 6.59. The Bertz CT molecular complexity index is 1260. The lowest BCUT2D eigenvalue weighted by atomic mass is 10.1. The second-order valence-corrected chi connectivity index (χ2v) is 10.7. The number of nitrogens with one attached hydrogen (secondary N) is 1. The molecule has 0 aliphatic carbocycles. The van der Waals surface area contributed by atoms with Gasteiger partial charge in [-0.15, -0.1) is 0 Å². The summed E-state index contributed by atoms with van der Waals surface area (Å²) in [4.78, 5) is 19.2. The van der Waals surface area contributed by atoms with Gasteiger partial charge in [-0.05, 0) is 51.7 Å². The zero-order valence-corrected chi connectivity index (χ0v) is 23.6. The molecule has 4 rings (SSSR count). The van der Waals surface area contributed by atoms with Crippen molar-refractivity contribution in [3.63, 3.8) is 0 Å². The van der Waals surface area contributed by atoms with Gasteiger partial charge in [0.15, 0.2) is 0 Å². The van der Waals surface area contributed by atoms with E-state index >= 15 is 0 Å². The lowest BCUT2D eigenvalue weighted by molar-refractivity contribution is 0.0527. The highest BCUT2D eigenvalue weighted by Gasteiger charge is 2.20. The molecule has 1 aliphatic rings. The van der Waals surface area contributed by atoms with Crippen molar-refractivity contribution < 1.29 is 23.7 Å². The third-order valence-electron chi connectivity index (χ3n) is 6.29. The highest BCUT2D eigenvalue weighted by atomic mass is 35.5. The number of anilines is 1. The van der Waals surface area contributed by atoms with Crippen LogP contribution in [0.5, 0.6) is 11.5 Å². The van der Waals surface area contributed by atoms with Crippen molar-refractivity contribution in [1.29, 1.82) is 0 Å². The van der Waals surface area contributed by atoms with Crippen LogP contribution in [0.25, 0.3) is 16.9 Å². The number of morpholine rings is 1. The number of imidazole rings is 1. The molecule has 206 valence electrons. The van der Waals surface area contributed by atoms with Crippen LogP contribution in [-0.2, 0) is 15.9 Å². The first-order valence-corrected chi connectivity index (χ1v) is 13.3. The van der Waals surface area contributed by atoms with Crippen molar-refractivity contribution >= 4 is 29.0 Å². The summed E-state index contributed by atoms with van der Waals surface area (Å²) < 4.78 is 23.9. The molecule has 38 heavy (non-hydrogen) atoms. The molecular weight excluding hydrogens is 508 g/mol. The maximum Gasteiger partial charge on any atom is 0.407 e. The molecule has 2 aromatic heterocycles. The van der Waals surface area contributed by atoms with Crippen LogP contribution in [0, 0.1) is 0 Å². The summed E-state index contributed by atoms with van der Waals surface area (Å²) in [5.41, 5.74) is 4.28. The Balaban J connectivity index is 1.56. The molecule has 1 fully saturated rings. The minimum Gasteiger partial charge on any atom is -0.496 e. The number of unbranched alkanes of at least 4 members (excludes halogenated alkanes) is 1. The Morgan fingerprint density at radius 2 is 1.82 bits per heavy atom. The van der Waals surface area contributed by atoms with Crippen LogP contribution in [-0.4, -0.2) is 68.1 Å². The maximum absolute atomic E-state index is 11.9. The summed E-state index contributed by atoms with van der Waals surface area (Å²) in [5, 5.41) is 3.34. The number of carbonyl (C=O) groups is 1. The fraction of sp³-hybridized carbons (Fsp3) is 0.500. The van der Waals surface area contributed by atoms with E-state index in [9.17, 15) is 4.79 Å². The number of benzene rings is 1. The molecule has 0 radical (unpaired) electrons. The number of aromatic nitrogens is 2. The summed E-state index contributed by atoms with van der Waals surface area (Å²) in [6.07, 6.45) is 6.39. The van der Waals surface area contributed by atoms with Gasteiger partial charge in [-0.25, -0.2) is 9.78 Å². The van der Waals surface area contributed by atoms with E-state index in [1.54, 1.807) is 20.3 Å². The molecule has 1 aromatic carbocycles. The third kappa shape index (κ3) is 6.82. The summed E-state index contributed by atoms with van der Waals surface area (Å²) in [6, 6.07) is 5.74. The van der Waals surface area contributed by atoms with Crippen LogP contribution < -0.4 is 19.7 Å². The Morgan fingerprint density at radius 3 is 2.50 bits per heavy atom. The predicted octanol–water partition coefficient (Wildman–Crippen LogP) is 5.36.